The van der Waals surface area contributed by atoms with E-state index in [1.807, 2.05) is 23.6 Å². The van der Waals surface area contributed by atoms with Gasteiger partial charge in [0, 0.05) is 25.8 Å². The molecule has 19 heavy (non-hydrogen) atoms. The number of rotatable bonds is 7. The number of ketones is 1. The molecule has 0 atom stereocenters. The topological polar surface area (TPSA) is 59.3 Å². The molecule has 4 nitrogen and oxygen atoms in total. The van der Waals surface area contributed by atoms with Crippen molar-refractivity contribution in [3.63, 3.8) is 0 Å². The van der Waals surface area contributed by atoms with Crippen LogP contribution in [0.15, 0.2) is 40.3 Å². The number of hydrogen-bond donors (Lipinski definition) is 1. The van der Waals surface area contributed by atoms with Crippen molar-refractivity contribution in [1.29, 1.82) is 0 Å². The Labute approximate surface area is 115 Å². The third-order valence-electron chi connectivity index (χ3n) is 2.65. The number of carbonyl (C=O) groups excluding carboxylic acids is 2. The zero-order chi connectivity index (χ0) is 13.5. The van der Waals surface area contributed by atoms with E-state index in [1.54, 1.807) is 12.3 Å². The Morgan fingerprint density at radius 2 is 2.11 bits per heavy atom. The first-order valence-corrected chi connectivity index (χ1v) is 6.99. The summed E-state index contributed by atoms with van der Waals surface area (Å²) in [5.74, 6) is 0.766. The van der Waals surface area contributed by atoms with E-state index >= 15 is 0 Å². The van der Waals surface area contributed by atoms with Crippen LogP contribution in [-0.2, 0) is 11.2 Å². The van der Waals surface area contributed by atoms with Gasteiger partial charge in [-0.25, -0.2) is 0 Å². The Morgan fingerprint density at radius 3 is 2.79 bits per heavy atom. The summed E-state index contributed by atoms with van der Waals surface area (Å²) in [6.07, 6.45) is 2.76. The van der Waals surface area contributed by atoms with Crippen LogP contribution in [-0.4, -0.2) is 18.2 Å². The molecule has 0 saturated heterocycles. The monoisotopic (exact) mass is 277 g/mol. The van der Waals surface area contributed by atoms with Gasteiger partial charge in [0.1, 0.15) is 5.76 Å². The molecule has 2 aromatic heterocycles. The smallest absolute Gasteiger partial charge is 0.220 e. The molecule has 2 heterocycles. The first-order valence-electron chi connectivity index (χ1n) is 6.11. The van der Waals surface area contributed by atoms with Crippen molar-refractivity contribution in [1.82, 2.24) is 5.32 Å². The maximum absolute atomic E-state index is 11.7. The predicted octanol–water partition coefficient (Wildman–Crippen LogP) is 2.66. The molecule has 0 fully saturated rings. The maximum Gasteiger partial charge on any atom is 0.220 e. The van der Waals surface area contributed by atoms with Crippen molar-refractivity contribution in [2.45, 2.75) is 19.3 Å². The molecule has 0 saturated carbocycles. The summed E-state index contributed by atoms with van der Waals surface area (Å²) >= 11 is 1.41. The van der Waals surface area contributed by atoms with Crippen molar-refractivity contribution in [3.05, 3.63) is 46.5 Å². The molecular weight excluding hydrogens is 262 g/mol. The summed E-state index contributed by atoms with van der Waals surface area (Å²) in [6, 6.07) is 7.30. The van der Waals surface area contributed by atoms with Gasteiger partial charge in [0.25, 0.3) is 0 Å². The van der Waals surface area contributed by atoms with E-state index in [2.05, 4.69) is 5.32 Å². The molecular formula is C14H15NO3S. The fraction of sp³-hybridized carbons (Fsp3) is 0.286. The lowest BCUT2D eigenvalue weighted by Crippen LogP contribution is -2.25. The SMILES string of the molecule is O=C(CCC(=O)c1cccs1)NCCc1ccco1. The molecule has 0 aliphatic rings. The van der Waals surface area contributed by atoms with Crippen molar-refractivity contribution in [2.75, 3.05) is 6.54 Å². The normalized spacial score (nSPS) is 10.3. The fourth-order valence-electron chi connectivity index (χ4n) is 1.66. The van der Waals surface area contributed by atoms with Gasteiger partial charge in [0.15, 0.2) is 5.78 Å². The third kappa shape index (κ3) is 4.37. The number of thiophene rings is 1. The second-order valence-electron chi connectivity index (χ2n) is 4.08. The maximum atomic E-state index is 11.7. The first-order chi connectivity index (χ1) is 9.25. The lowest BCUT2D eigenvalue weighted by atomic mass is 10.2. The van der Waals surface area contributed by atoms with Gasteiger partial charge in [-0.2, -0.15) is 0 Å². The number of amides is 1. The quantitative estimate of drug-likeness (QED) is 0.791. The van der Waals surface area contributed by atoms with Crippen LogP contribution in [0, 0.1) is 0 Å². The van der Waals surface area contributed by atoms with E-state index in [9.17, 15) is 9.59 Å². The van der Waals surface area contributed by atoms with Gasteiger partial charge in [0.2, 0.25) is 5.91 Å². The Kier molecular flexibility index (Phi) is 4.92. The molecule has 0 bridgehead atoms. The van der Waals surface area contributed by atoms with E-state index < -0.39 is 0 Å². The lowest BCUT2D eigenvalue weighted by molar-refractivity contribution is -0.121. The Morgan fingerprint density at radius 1 is 1.21 bits per heavy atom. The molecule has 1 amide bonds. The zero-order valence-electron chi connectivity index (χ0n) is 10.4. The minimum atomic E-state index is -0.100. The number of carbonyl (C=O) groups is 2. The summed E-state index contributed by atoms with van der Waals surface area (Å²) in [4.78, 5) is 24.0. The highest BCUT2D eigenvalue weighted by Gasteiger charge is 2.09. The van der Waals surface area contributed by atoms with E-state index in [1.165, 1.54) is 11.3 Å². The summed E-state index contributed by atoms with van der Waals surface area (Å²) in [6.45, 7) is 0.527. The Bertz CT molecular complexity index is 517. The first kappa shape index (κ1) is 13.5. The van der Waals surface area contributed by atoms with Crippen molar-refractivity contribution in [3.8, 4) is 0 Å². The van der Waals surface area contributed by atoms with Gasteiger partial charge in [-0.1, -0.05) is 6.07 Å². The molecule has 100 valence electrons. The van der Waals surface area contributed by atoms with E-state index in [-0.39, 0.29) is 24.5 Å². The highest BCUT2D eigenvalue weighted by atomic mass is 32.1. The van der Waals surface area contributed by atoms with Gasteiger partial charge in [-0.15, -0.1) is 11.3 Å². The van der Waals surface area contributed by atoms with E-state index in [0.717, 1.165) is 5.76 Å². The number of nitrogens with one attached hydrogen (secondary N) is 1. The molecule has 0 spiro atoms. The van der Waals surface area contributed by atoms with Crippen molar-refractivity contribution < 1.29 is 14.0 Å². The van der Waals surface area contributed by atoms with Crippen molar-refractivity contribution >= 4 is 23.0 Å². The van der Waals surface area contributed by atoms with E-state index in [4.69, 9.17) is 4.42 Å². The van der Waals surface area contributed by atoms with Crippen LogP contribution in [0.25, 0.3) is 0 Å². The van der Waals surface area contributed by atoms with Gasteiger partial charge in [0.05, 0.1) is 11.1 Å². The minimum Gasteiger partial charge on any atom is -0.469 e. The highest BCUT2D eigenvalue weighted by molar-refractivity contribution is 7.12. The van der Waals surface area contributed by atoms with Gasteiger partial charge in [-0.05, 0) is 23.6 Å². The fourth-order valence-corrected chi connectivity index (χ4v) is 2.35. The minimum absolute atomic E-state index is 0.0242. The summed E-state index contributed by atoms with van der Waals surface area (Å²) in [5, 5.41) is 4.63. The molecule has 0 radical (unpaired) electrons. The zero-order valence-corrected chi connectivity index (χ0v) is 11.2. The molecule has 0 aliphatic carbocycles. The molecule has 1 N–H and O–H groups in total. The van der Waals surface area contributed by atoms with Crippen LogP contribution in [0.5, 0.6) is 0 Å². The highest BCUT2D eigenvalue weighted by Crippen LogP contribution is 2.12. The Hall–Kier alpha value is -1.88. The van der Waals surface area contributed by atoms with E-state index in [0.29, 0.717) is 17.8 Å². The average Bonchev–Trinajstić information content (AvgIpc) is 3.08. The Balaban J connectivity index is 1.63. The van der Waals surface area contributed by atoms with Crippen LogP contribution in [0.1, 0.15) is 28.3 Å². The molecule has 0 aromatic carbocycles. The molecule has 0 aliphatic heterocycles. The van der Waals surface area contributed by atoms with Crippen molar-refractivity contribution in [2.24, 2.45) is 0 Å². The molecule has 2 rings (SSSR count). The number of Topliss-reactive ketones (excluding diaryl/α,β-unsaturated/α-hetero) is 1. The third-order valence-corrected chi connectivity index (χ3v) is 3.56. The number of hydrogen-bond acceptors (Lipinski definition) is 4. The largest absolute Gasteiger partial charge is 0.469 e. The average molecular weight is 277 g/mol. The number of furan rings is 1. The molecule has 0 unspecified atom stereocenters. The summed E-state index contributed by atoms with van der Waals surface area (Å²) < 4.78 is 5.16. The van der Waals surface area contributed by atoms with Gasteiger partial charge >= 0.3 is 0 Å². The predicted molar refractivity (Wildman–Crippen MR) is 73.3 cm³/mol. The van der Waals surface area contributed by atoms with Gasteiger partial charge in [-0.3, -0.25) is 9.59 Å². The van der Waals surface area contributed by atoms with Crippen LogP contribution >= 0.6 is 11.3 Å². The molecule has 2 aromatic rings. The van der Waals surface area contributed by atoms with Crippen LogP contribution in [0.3, 0.4) is 0 Å². The van der Waals surface area contributed by atoms with Crippen LogP contribution in [0.4, 0.5) is 0 Å². The summed E-state index contributed by atoms with van der Waals surface area (Å²) in [7, 11) is 0. The van der Waals surface area contributed by atoms with Gasteiger partial charge < -0.3 is 9.73 Å². The second kappa shape index (κ2) is 6.89. The lowest BCUT2D eigenvalue weighted by Gasteiger charge is -2.03. The van der Waals surface area contributed by atoms with Crippen LogP contribution in [0.2, 0.25) is 0 Å². The van der Waals surface area contributed by atoms with Crippen LogP contribution < -0.4 is 5.32 Å². The molecule has 5 heteroatoms. The second-order valence-corrected chi connectivity index (χ2v) is 5.03. The standard InChI is InChI=1S/C14H15NO3S/c16-12(13-4-2-10-19-13)5-6-14(17)15-8-7-11-3-1-9-18-11/h1-4,9-10H,5-8H2,(H,15,17). The summed E-state index contributed by atoms with van der Waals surface area (Å²) in [5.41, 5.74) is 0.